The minimum absolute atomic E-state index is 0.0757. The van der Waals surface area contributed by atoms with Crippen molar-refractivity contribution in [2.24, 2.45) is 0 Å². The first-order valence-corrected chi connectivity index (χ1v) is 9.80. The molecule has 134 valence electrons. The average Bonchev–Trinajstić information content (AvgIpc) is 3.13. The van der Waals surface area contributed by atoms with Gasteiger partial charge in [0.25, 0.3) is 0 Å². The fourth-order valence-electron chi connectivity index (χ4n) is 2.93. The van der Waals surface area contributed by atoms with Crippen LogP contribution in [-0.2, 0) is 19.3 Å². The molecule has 0 saturated carbocycles. The number of ether oxygens (including phenoxy) is 2. The first-order valence-electron chi connectivity index (χ1n) is 8.25. The highest BCUT2D eigenvalue weighted by molar-refractivity contribution is 7.92. The number of hydrogen-bond donors (Lipinski definition) is 1. The maximum Gasteiger partial charge on any atom is 0.184 e. The van der Waals surface area contributed by atoms with Gasteiger partial charge in [0.15, 0.2) is 16.1 Å². The SMILES string of the molecule is Cc1ccc(S(=O)(=O)C(CC2OCCO2)C(O)c2ccccc2)cc1. The summed E-state index contributed by atoms with van der Waals surface area (Å²) in [6.07, 6.45) is -1.71. The van der Waals surface area contributed by atoms with E-state index in [1.54, 1.807) is 48.5 Å². The largest absolute Gasteiger partial charge is 0.387 e. The molecule has 0 radical (unpaired) electrons. The van der Waals surface area contributed by atoms with E-state index in [2.05, 4.69) is 0 Å². The number of aliphatic hydroxyl groups is 1. The van der Waals surface area contributed by atoms with Gasteiger partial charge in [-0.3, -0.25) is 0 Å². The topological polar surface area (TPSA) is 72.8 Å². The number of benzene rings is 2. The molecule has 1 N–H and O–H groups in total. The van der Waals surface area contributed by atoms with E-state index in [9.17, 15) is 13.5 Å². The van der Waals surface area contributed by atoms with Gasteiger partial charge < -0.3 is 14.6 Å². The smallest absolute Gasteiger partial charge is 0.184 e. The monoisotopic (exact) mass is 362 g/mol. The second-order valence-electron chi connectivity index (χ2n) is 6.16. The van der Waals surface area contributed by atoms with Crippen LogP contribution >= 0.6 is 0 Å². The van der Waals surface area contributed by atoms with Crippen molar-refractivity contribution in [3.05, 3.63) is 65.7 Å². The van der Waals surface area contributed by atoms with Crippen LogP contribution < -0.4 is 0 Å². The highest BCUT2D eigenvalue weighted by Crippen LogP contribution is 2.32. The summed E-state index contributed by atoms with van der Waals surface area (Å²) in [5.41, 5.74) is 1.53. The zero-order valence-electron chi connectivity index (χ0n) is 14.0. The number of aryl methyl sites for hydroxylation is 1. The Hall–Kier alpha value is -1.73. The molecule has 2 aromatic rings. The second-order valence-corrected chi connectivity index (χ2v) is 8.33. The zero-order valence-corrected chi connectivity index (χ0v) is 14.9. The van der Waals surface area contributed by atoms with Crippen LogP contribution in [0.25, 0.3) is 0 Å². The lowest BCUT2D eigenvalue weighted by molar-refractivity contribution is -0.0531. The predicted octanol–water partition coefficient (Wildman–Crippen LogP) is 2.63. The average molecular weight is 362 g/mol. The molecule has 1 aliphatic rings. The number of hydrogen-bond acceptors (Lipinski definition) is 5. The summed E-state index contributed by atoms with van der Waals surface area (Å²) in [4.78, 5) is 0.191. The van der Waals surface area contributed by atoms with Crippen molar-refractivity contribution < 1.29 is 23.0 Å². The Morgan fingerprint density at radius 3 is 2.24 bits per heavy atom. The van der Waals surface area contributed by atoms with Gasteiger partial charge in [-0.15, -0.1) is 0 Å². The lowest BCUT2D eigenvalue weighted by atomic mass is 10.0. The molecular weight excluding hydrogens is 340 g/mol. The molecule has 6 heteroatoms. The molecule has 1 saturated heterocycles. The van der Waals surface area contributed by atoms with E-state index in [-0.39, 0.29) is 11.3 Å². The van der Waals surface area contributed by atoms with Crippen molar-refractivity contribution in [1.29, 1.82) is 0 Å². The van der Waals surface area contributed by atoms with Crippen molar-refractivity contribution in [3.8, 4) is 0 Å². The second kappa shape index (κ2) is 7.66. The number of sulfone groups is 1. The fourth-order valence-corrected chi connectivity index (χ4v) is 4.70. The van der Waals surface area contributed by atoms with Crippen LogP contribution in [0.15, 0.2) is 59.5 Å². The standard InChI is InChI=1S/C19H22O5S/c1-14-7-9-16(10-8-14)25(21,22)17(13-18-23-11-12-24-18)19(20)15-5-3-2-4-6-15/h2-10,17-20H,11-13H2,1H3. The van der Waals surface area contributed by atoms with Crippen LogP contribution in [0.2, 0.25) is 0 Å². The third-order valence-corrected chi connectivity index (χ3v) is 6.53. The molecule has 1 aliphatic heterocycles. The normalized spacial score (nSPS) is 18.2. The number of rotatable bonds is 6. The molecule has 5 nitrogen and oxygen atoms in total. The summed E-state index contributed by atoms with van der Waals surface area (Å²) in [6, 6.07) is 15.5. The van der Waals surface area contributed by atoms with E-state index >= 15 is 0 Å². The molecule has 2 atom stereocenters. The van der Waals surface area contributed by atoms with Crippen LogP contribution in [0.1, 0.15) is 23.7 Å². The predicted molar refractivity (Wildman–Crippen MR) is 93.9 cm³/mol. The van der Waals surface area contributed by atoms with E-state index in [4.69, 9.17) is 9.47 Å². The third-order valence-electron chi connectivity index (χ3n) is 4.36. The molecule has 1 heterocycles. The fraction of sp³-hybridized carbons (Fsp3) is 0.368. The van der Waals surface area contributed by atoms with Gasteiger partial charge in [0.05, 0.1) is 24.2 Å². The Bertz CT molecular complexity index is 780. The Balaban J connectivity index is 1.95. The summed E-state index contributed by atoms with van der Waals surface area (Å²) >= 11 is 0. The molecule has 0 bridgehead atoms. The lowest BCUT2D eigenvalue weighted by Gasteiger charge is -2.25. The molecule has 2 unspecified atom stereocenters. The van der Waals surface area contributed by atoms with Gasteiger partial charge in [0.2, 0.25) is 0 Å². The summed E-state index contributed by atoms with van der Waals surface area (Å²) in [6.45, 7) is 2.76. The van der Waals surface area contributed by atoms with Gasteiger partial charge in [0, 0.05) is 6.42 Å². The van der Waals surface area contributed by atoms with Crippen molar-refractivity contribution in [3.63, 3.8) is 0 Å². The van der Waals surface area contributed by atoms with Crippen molar-refractivity contribution >= 4 is 9.84 Å². The van der Waals surface area contributed by atoms with Gasteiger partial charge in [-0.1, -0.05) is 48.0 Å². The van der Waals surface area contributed by atoms with Gasteiger partial charge in [-0.25, -0.2) is 8.42 Å². The van der Waals surface area contributed by atoms with Crippen LogP contribution in [0.3, 0.4) is 0 Å². The molecule has 0 spiro atoms. The van der Waals surface area contributed by atoms with Crippen molar-refractivity contribution in [2.75, 3.05) is 13.2 Å². The van der Waals surface area contributed by atoms with E-state index in [0.29, 0.717) is 18.8 Å². The minimum atomic E-state index is -3.76. The molecule has 0 aliphatic carbocycles. The Morgan fingerprint density at radius 2 is 1.64 bits per heavy atom. The lowest BCUT2D eigenvalue weighted by Crippen LogP contribution is -2.33. The Kier molecular flexibility index (Phi) is 5.54. The third kappa shape index (κ3) is 4.10. The van der Waals surface area contributed by atoms with Gasteiger partial charge in [-0.2, -0.15) is 0 Å². The summed E-state index contributed by atoms with van der Waals surface area (Å²) in [5.74, 6) is 0. The van der Waals surface area contributed by atoms with Crippen LogP contribution in [0.4, 0.5) is 0 Å². The van der Waals surface area contributed by atoms with E-state index in [1.165, 1.54) is 0 Å². The summed E-state index contributed by atoms with van der Waals surface area (Å²) in [5, 5.41) is 9.75. The van der Waals surface area contributed by atoms with E-state index in [0.717, 1.165) is 5.56 Å². The summed E-state index contributed by atoms with van der Waals surface area (Å²) < 4.78 is 37.2. The molecule has 2 aromatic carbocycles. The maximum atomic E-state index is 13.2. The Labute approximate surface area is 148 Å². The van der Waals surface area contributed by atoms with Crippen molar-refractivity contribution in [1.82, 2.24) is 0 Å². The van der Waals surface area contributed by atoms with Crippen molar-refractivity contribution in [2.45, 2.75) is 35.9 Å². The molecule has 1 fully saturated rings. The van der Waals surface area contributed by atoms with Gasteiger partial charge in [-0.05, 0) is 24.6 Å². The van der Waals surface area contributed by atoms with Crippen LogP contribution in [-0.4, -0.2) is 38.3 Å². The van der Waals surface area contributed by atoms with Crippen LogP contribution in [0, 0.1) is 6.92 Å². The number of aliphatic hydroxyl groups excluding tert-OH is 1. The highest BCUT2D eigenvalue weighted by atomic mass is 32.2. The van der Waals surface area contributed by atoms with Crippen LogP contribution in [0.5, 0.6) is 0 Å². The summed E-state index contributed by atoms with van der Waals surface area (Å²) in [7, 11) is -3.76. The highest BCUT2D eigenvalue weighted by Gasteiger charge is 2.38. The quantitative estimate of drug-likeness (QED) is 0.855. The first-order chi connectivity index (χ1) is 12.0. The Morgan fingerprint density at radius 1 is 1.04 bits per heavy atom. The molecule has 3 rings (SSSR count). The van der Waals surface area contributed by atoms with Gasteiger partial charge in [0.1, 0.15) is 5.25 Å². The zero-order chi connectivity index (χ0) is 17.9. The van der Waals surface area contributed by atoms with Gasteiger partial charge >= 0.3 is 0 Å². The van der Waals surface area contributed by atoms with E-state index in [1.807, 2.05) is 13.0 Å². The molecule has 25 heavy (non-hydrogen) atoms. The molecular formula is C19H22O5S. The first kappa shape index (κ1) is 18.1. The maximum absolute atomic E-state index is 13.2. The molecule has 0 amide bonds. The minimum Gasteiger partial charge on any atom is -0.387 e. The van der Waals surface area contributed by atoms with E-state index < -0.39 is 27.5 Å². The molecule has 0 aromatic heterocycles.